The molecule has 0 radical (unpaired) electrons. The number of carbonyl (C=O) groups excluding carboxylic acids is 1. The Hall–Kier alpha value is -4.03. The predicted molar refractivity (Wildman–Crippen MR) is 153 cm³/mol. The first-order valence-electron chi connectivity index (χ1n) is 14.3. The maximum absolute atomic E-state index is 13.6. The topological polar surface area (TPSA) is 113 Å². The fourth-order valence-electron chi connectivity index (χ4n) is 6.61. The van der Waals surface area contributed by atoms with Gasteiger partial charge in [0.15, 0.2) is 0 Å². The van der Waals surface area contributed by atoms with E-state index in [4.69, 9.17) is 0 Å². The molecule has 2 saturated carbocycles. The summed E-state index contributed by atoms with van der Waals surface area (Å²) >= 11 is 0. The second kappa shape index (κ2) is 10.9. The fraction of sp³-hybridized carbons (Fsp3) is 0.452. The lowest BCUT2D eigenvalue weighted by atomic mass is 9.57. The largest absolute Gasteiger partial charge is 0.322 e. The van der Waals surface area contributed by atoms with Gasteiger partial charge in [-0.2, -0.15) is 5.26 Å². The van der Waals surface area contributed by atoms with Crippen LogP contribution in [0.3, 0.4) is 0 Å². The molecule has 40 heavy (non-hydrogen) atoms. The van der Waals surface area contributed by atoms with E-state index in [0.29, 0.717) is 30.2 Å². The number of carbonyl (C=O) groups is 1. The van der Waals surface area contributed by atoms with E-state index in [2.05, 4.69) is 44.9 Å². The molecule has 1 amide bonds. The van der Waals surface area contributed by atoms with Crippen LogP contribution in [0.25, 0.3) is 5.65 Å². The van der Waals surface area contributed by atoms with E-state index in [1.165, 1.54) is 25.7 Å². The van der Waals surface area contributed by atoms with Gasteiger partial charge in [0.25, 0.3) is 5.91 Å². The number of nitrogens with zero attached hydrogens (tertiary/aromatic N) is 6. The van der Waals surface area contributed by atoms with Gasteiger partial charge in [0.2, 0.25) is 0 Å². The summed E-state index contributed by atoms with van der Waals surface area (Å²) in [5, 5.41) is 24.6. The molecule has 6 rings (SSSR count). The van der Waals surface area contributed by atoms with Gasteiger partial charge in [-0.15, -0.1) is 10.2 Å². The molecule has 206 valence electrons. The number of aromatic nitrogens is 5. The molecule has 3 aromatic heterocycles. The normalized spacial score (nSPS) is 21.7. The number of aryl methyl sites for hydroxylation is 1. The van der Waals surface area contributed by atoms with Crippen LogP contribution in [0, 0.1) is 23.2 Å². The molecule has 4 aromatic rings. The molecular formula is C31H36N8O. The van der Waals surface area contributed by atoms with Crippen LogP contribution >= 0.6 is 0 Å². The highest BCUT2D eigenvalue weighted by atomic mass is 16.1. The average Bonchev–Trinajstić information content (AvgIpc) is 3.71. The first kappa shape index (κ1) is 26.2. The Morgan fingerprint density at radius 3 is 2.83 bits per heavy atom. The highest BCUT2D eigenvalue weighted by Gasteiger charge is 2.46. The van der Waals surface area contributed by atoms with E-state index in [9.17, 15) is 10.1 Å². The second-order valence-electron chi connectivity index (χ2n) is 11.7. The fourth-order valence-corrected chi connectivity index (χ4v) is 6.61. The Balaban J connectivity index is 1.22. The van der Waals surface area contributed by atoms with Crippen LogP contribution in [0.15, 0.2) is 55.2 Å². The summed E-state index contributed by atoms with van der Waals surface area (Å²) in [4.78, 5) is 18.1. The van der Waals surface area contributed by atoms with Gasteiger partial charge < -0.3 is 19.6 Å². The summed E-state index contributed by atoms with van der Waals surface area (Å²) in [6, 6.07) is 12.8. The van der Waals surface area contributed by atoms with Crippen molar-refractivity contribution in [2.24, 2.45) is 18.9 Å². The minimum Gasteiger partial charge on any atom is -0.322 e. The first-order chi connectivity index (χ1) is 19.4. The van der Waals surface area contributed by atoms with Gasteiger partial charge in [-0.05, 0) is 67.9 Å². The molecule has 0 aliphatic heterocycles. The lowest BCUT2D eigenvalue weighted by Gasteiger charge is -2.45. The lowest BCUT2D eigenvalue weighted by molar-refractivity contribution is 0.102. The van der Waals surface area contributed by atoms with Crippen molar-refractivity contribution in [3.8, 4) is 6.07 Å². The van der Waals surface area contributed by atoms with Gasteiger partial charge in [0.05, 0.1) is 11.6 Å². The van der Waals surface area contributed by atoms with Crippen LogP contribution in [0.5, 0.6) is 0 Å². The number of benzene rings is 1. The summed E-state index contributed by atoms with van der Waals surface area (Å²) in [5.74, 6) is 1.45. The monoisotopic (exact) mass is 536 g/mol. The summed E-state index contributed by atoms with van der Waals surface area (Å²) in [6.45, 7) is 2.97. The van der Waals surface area contributed by atoms with Crippen molar-refractivity contribution < 1.29 is 4.79 Å². The number of pyridine rings is 1. The van der Waals surface area contributed by atoms with Crippen molar-refractivity contribution >= 4 is 17.2 Å². The number of rotatable bonds is 9. The molecule has 0 spiro atoms. The molecule has 2 aliphatic rings. The maximum atomic E-state index is 13.6. The molecule has 0 bridgehead atoms. The molecule has 1 aromatic carbocycles. The zero-order valence-electron chi connectivity index (χ0n) is 23.2. The van der Waals surface area contributed by atoms with E-state index < -0.39 is 0 Å². The Labute approximate surface area is 234 Å². The van der Waals surface area contributed by atoms with E-state index in [0.717, 1.165) is 41.4 Å². The van der Waals surface area contributed by atoms with Crippen LogP contribution in [0.2, 0.25) is 0 Å². The van der Waals surface area contributed by atoms with Gasteiger partial charge in [0.1, 0.15) is 17.8 Å². The van der Waals surface area contributed by atoms with Crippen molar-refractivity contribution in [2.45, 2.75) is 69.9 Å². The van der Waals surface area contributed by atoms with Crippen molar-refractivity contribution in [3.63, 3.8) is 0 Å². The van der Waals surface area contributed by atoms with Gasteiger partial charge in [-0.25, -0.2) is 4.98 Å². The van der Waals surface area contributed by atoms with Gasteiger partial charge in [-0.3, -0.25) is 4.79 Å². The Morgan fingerprint density at radius 1 is 1.25 bits per heavy atom. The van der Waals surface area contributed by atoms with Crippen molar-refractivity contribution in [3.05, 3.63) is 77.8 Å². The SMILES string of the molecule is C[C@H](NCc1cc(C(=O)Nc2cccc(C3(Cc4nncn4C)CC(C#N)C3)c2)c2nccn2c1)C1CCCC1. The molecule has 2 N–H and O–H groups in total. The Morgan fingerprint density at radius 2 is 2.08 bits per heavy atom. The molecule has 1 atom stereocenters. The number of anilines is 1. The number of fused-ring (bicyclic) bond motifs is 1. The van der Waals surface area contributed by atoms with Crippen LogP contribution in [-0.4, -0.2) is 36.1 Å². The van der Waals surface area contributed by atoms with Crippen LogP contribution in [0.4, 0.5) is 5.69 Å². The number of nitriles is 1. The summed E-state index contributed by atoms with van der Waals surface area (Å²) in [6.07, 6.45) is 14.8. The minimum absolute atomic E-state index is 0.0212. The zero-order valence-corrected chi connectivity index (χ0v) is 23.2. The third-order valence-corrected chi connectivity index (χ3v) is 9.02. The molecule has 3 heterocycles. The molecular weight excluding hydrogens is 500 g/mol. The zero-order chi connectivity index (χ0) is 27.7. The average molecular weight is 537 g/mol. The second-order valence-corrected chi connectivity index (χ2v) is 11.7. The molecule has 2 fully saturated rings. The van der Waals surface area contributed by atoms with E-state index in [1.807, 2.05) is 52.7 Å². The number of imidazole rings is 1. The molecule has 9 nitrogen and oxygen atoms in total. The molecule has 9 heteroatoms. The third-order valence-electron chi connectivity index (χ3n) is 9.02. The van der Waals surface area contributed by atoms with Crippen LogP contribution in [-0.2, 0) is 25.4 Å². The van der Waals surface area contributed by atoms with Crippen LogP contribution < -0.4 is 10.6 Å². The van der Waals surface area contributed by atoms with Crippen molar-refractivity contribution in [2.75, 3.05) is 5.32 Å². The quantitative estimate of drug-likeness (QED) is 0.318. The number of nitrogens with one attached hydrogen (secondary N) is 2. The van der Waals surface area contributed by atoms with Crippen LogP contribution in [0.1, 0.15) is 72.8 Å². The number of hydrogen-bond donors (Lipinski definition) is 2. The standard InChI is InChI=1S/C31H36N8O/c1-21(24-6-3-4-7-24)34-18-22-12-27(29-33-10-11-39(29)19-22)30(40)36-26-9-5-8-25(13-26)31(14-23(15-31)17-32)16-28-37-35-20-38(28)2/h5,8-13,19-21,23-24,34H,3-4,6-7,14-16,18H2,1-2H3,(H,36,40)/t21-,23?,31?/m0/s1. The Kier molecular flexibility index (Phi) is 7.11. The molecule has 0 unspecified atom stereocenters. The van der Waals surface area contributed by atoms with E-state index in [1.54, 1.807) is 12.5 Å². The van der Waals surface area contributed by atoms with E-state index in [-0.39, 0.29) is 17.2 Å². The van der Waals surface area contributed by atoms with Gasteiger partial charge >= 0.3 is 0 Å². The predicted octanol–water partition coefficient (Wildman–Crippen LogP) is 4.80. The summed E-state index contributed by atoms with van der Waals surface area (Å²) in [5.41, 5.74) is 3.85. The summed E-state index contributed by atoms with van der Waals surface area (Å²) < 4.78 is 3.86. The van der Waals surface area contributed by atoms with Crippen molar-refractivity contribution in [1.82, 2.24) is 29.5 Å². The maximum Gasteiger partial charge on any atom is 0.259 e. The molecule has 0 saturated heterocycles. The lowest BCUT2D eigenvalue weighted by Crippen LogP contribution is -2.43. The third kappa shape index (κ3) is 5.11. The Bertz CT molecular complexity index is 1550. The number of amides is 1. The van der Waals surface area contributed by atoms with E-state index >= 15 is 0 Å². The molecule has 2 aliphatic carbocycles. The van der Waals surface area contributed by atoms with Gasteiger partial charge in [0, 0.05) is 61.7 Å². The highest BCUT2D eigenvalue weighted by molar-refractivity contribution is 6.08. The highest BCUT2D eigenvalue weighted by Crippen LogP contribution is 2.50. The first-order valence-corrected chi connectivity index (χ1v) is 14.3. The van der Waals surface area contributed by atoms with Gasteiger partial charge in [-0.1, -0.05) is 25.0 Å². The van der Waals surface area contributed by atoms with Crippen molar-refractivity contribution in [1.29, 1.82) is 5.26 Å². The minimum atomic E-state index is -0.208. The summed E-state index contributed by atoms with van der Waals surface area (Å²) in [7, 11) is 1.94. The smallest absolute Gasteiger partial charge is 0.259 e. The number of hydrogen-bond acceptors (Lipinski definition) is 6.